The standard InChI is InChI=1S/C33H42N6O6/c1-4-45-31(42)25-16-11-17-38(18-25)30(41)28(24-14-9-6-10-15-24)39-19-27(35-22-39)37-29(40)26(36-32(43)33(2,3)34)21-44-20-23-12-7-5-8-13-23/h5-10,12-15,19,22,25-26,28H,4,11,16-18,20-21,34H2,1-3H3,(H,36,43)(H,37,40)/t25?,26-,28?/m1/s1. The number of amides is 3. The van der Waals surface area contributed by atoms with Crippen LogP contribution in [0.25, 0.3) is 0 Å². The molecule has 2 unspecified atom stereocenters. The van der Waals surface area contributed by atoms with Crippen molar-refractivity contribution in [3.63, 3.8) is 0 Å². The van der Waals surface area contributed by atoms with Gasteiger partial charge in [-0.25, -0.2) is 4.98 Å². The number of carbonyl (C=O) groups is 4. The second-order valence-corrected chi connectivity index (χ2v) is 11.6. The van der Waals surface area contributed by atoms with E-state index in [1.807, 2.05) is 60.7 Å². The maximum atomic E-state index is 14.0. The topological polar surface area (TPSA) is 158 Å². The molecule has 2 heterocycles. The predicted molar refractivity (Wildman–Crippen MR) is 168 cm³/mol. The molecule has 240 valence electrons. The Hall–Kier alpha value is -4.55. The lowest BCUT2D eigenvalue weighted by molar-refractivity contribution is -0.151. The molecule has 0 radical (unpaired) electrons. The Morgan fingerprint density at radius 1 is 1.07 bits per heavy atom. The van der Waals surface area contributed by atoms with Crippen LogP contribution in [0, 0.1) is 5.92 Å². The van der Waals surface area contributed by atoms with Crippen LogP contribution in [-0.4, -0.2) is 76.0 Å². The normalized spacial score (nSPS) is 16.4. The number of nitrogens with two attached hydrogens (primary N) is 1. The molecule has 0 bridgehead atoms. The second kappa shape index (κ2) is 15.4. The number of imidazole rings is 1. The lowest BCUT2D eigenvalue weighted by Crippen LogP contribution is -2.56. The van der Waals surface area contributed by atoms with Gasteiger partial charge in [0.05, 0.1) is 37.6 Å². The molecule has 1 aliphatic heterocycles. The third-order valence-electron chi connectivity index (χ3n) is 7.46. The van der Waals surface area contributed by atoms with Gasteiger partial charge in [0.2, 0.25) is 11.8 Å². The van der Waals surface area contributed by atoms with Crippen molar-refractivity contribution in [2.24, 2.45) is 11.7 Å². The molecule has 1 saturated heterocycles. The van der Waals surface area contributed by atoms with Crippen molar-refractivity contribution in [2.45, 2.75) is 57.8 Å². The fourth-order valence-corrected chi connectivity index (χ4v) is 5.03. The molecule has 4 rings (SSSR count). The van der Waals surface area contributed by atoms with Crippen molar-refractivity contribution < 1.29 is 28.7 Å². The van der Waals surface area contributed by atoms with Gasteiger partial charge in [0, 0.05) is 19.3 Å². The zero-order valence-corrected chi connectivity index (χ0v) is 26.0. The minimum absolute atomic E-state index is 0.106. The van der Waals surface area contributed by atoms with Gasteiger partial charge >= 0.3 is 5.97 Å². The third-order valence-corrected chi connectivity index (χ3v) is 7.46. The van der Waals surface area contributed by atoms with Gasteiger partial charge in [-0.2, -0.15) is 0 Å². The minimum atomic E-state index is -1.22. The summed E-state index contributed by atoms with van der Waals surface area (Å²) in [7, 11) is 0. The highest BCUT2D eigenvalue weighted by atomic mass is 16.5. The summed E-state index contributed by atoms with van der Waals surface area (Å²) in [5.41, 5.74) is 6.38. The highest BCUT2D eigenvalue weighted by molar-refractivity contribution is 5.98. The molecular formula is C33H42N6O6. The molecule has 3 atom stereocenters. The number of benzene rings is 2. The van der Waals surface area contributed by atoms with E-state index in [0.29, 0.717) is 19.4 Å². The summed E-state index contributed by atoms with van der Waals surface area (Å²) in [6.07, 6.45) is 4.38. The number of anilines is 1. The van der Waals surface area contributed by atoms with Crippen LogP contribution in [0.3, 0.4) is 0 Å². The molecule has 4 N–H and O–H groups in total. The molecule has 1 aliphatic rings. The van der Waals surface area contributed by atoms with Crippen LogP contribution < -0.4 is 16.4 Å². The zero-order valence-electron chi connectivity index (χ0n) is 26.0. The first kappa shape index (κ1) is 33.3. The fourth-order valence-electron chi connectivity index (χ4n) is 5.03. The Morgan fingerprint density at radius 2 is 1.76 bits per heavy atom. The molecular weight excluding hydrogens is 576 g/mol. The summed E-state index contributed by atoms with van der Waals surface area (Å²) < 4.78 is 12.6. The van der Waals surface area contributed by atoms with Crippen LogP contribution in [0.1, 0.15) is 50.8 Å². The molecule has 0 aliphatic carbocycles. The van der Waals surface area contributed by atoms with E-state index >= 15 is 0 Å². The van der Waals surface area contributed by atoms with Gasteiger partial charge in [0.15, 0.2) is 5.82 Å². The van der Waals surface area contributed by atoms with Crippen molar-refractivity contribution in [3.05, 3.63) is 84.3 Å². The van der Waals surface area contributed by atoms with Gasteiger partial charge in [0.1, 0.15) is 12.1 Å². The number of rotatable bonds is 13. The van der Waals surface area contributed by atoms with E-state index in [1.54, 1.807) is 36.4 Å². The molecule has 2 aromatic carbocycles. The molecule has 3 aromatic rings. The van der Waals surface area contributed by atoms with Crippen LogP contribution in [0.4, 0.5) is 5.82 Å². The van der Waals surface area contributed by atoms with Crippen molar-refractivity contribution >= 4 is 29.5 Å². The Bertz CT molecular complexity index is 1440. The Balaban J connectivity index is 1.51. The smallest absolute Gasteiger partial charge is 0.310 e. The Kier molecular flexibility index (Phi) is 11.4. The molecule has 45 heavy (non-hydrogen) atoms. The molecule has 1 aromatic heterocycles. The van der Waals surface area contributed by atoms with Crippen LogP contribution in [0.15, 0.2) is 73.2 Å². The molecule has 12 heteroatoms. The van der Waals surface area contributed by atoms with Gasteiger partial charge in [-0.15, -0.1) is 0 Å². The van der Waals surface area contributed by atoms with Crippen LogP contribution in [0.2, 0.25) is 0 Å². The zero-order chi connectivity index (χ0) is 32.4. The molecule has 3 amide bonds. The Labute approximate surface area is 263 Å². The van der Waals surface area contributed by atoms with Crippen LogP contribution >= 0.6 is 0 Å². The van der Waals surface area contributed by atoms with Gasteiger partial charge < -0.3 is 35.3 Å². The van der Waals surface area contributed by atoms with Crippen molar-refractivity contribution in [1.29, 1.82) is 0 Å². The van der Waals surface area contributed by atoms with Gasteiger partial charge in [-0.1, -0.05) is 60.7 Å². The van der Waals surface area contributed by atoms with E-state index in [4.69, 9.17) is 15.2 Å². The van der Waals surface area contributed by atoms with Crippen molar-refractivity contribution in [2.75, 3.05) is 31.6 Å². The predicted octanol–water partition coefficient (Wildman–Crippen LogP) is 2.65. The summed E-state index contributed by atoms with van der Waals surface area (Å²) >= 11 is 0. The maximum Gasteiger partial charge on any atom is 0.310 e. The fraction of sp³-hybridized carbons (Fsp3) is 0.424. The molecule has 0 spiro atoms. The lowest BCUT2D eigenvalue weighted by Gasteiger charge is -2.34. The van der Waals surface area contributed by atoms with E-state index in [2.05, 4.69) is 15.6 Å². The van der Waals surface area contributed by atoms with Gasteiger partial charge in [-0.05, 0) is 44.7 Å². The number of hydrogen-bond acceptors (Lipinski definition) is 8. The molecule has 0 saturated carbocycles. The van der Waals surface area contributed by atoms with Crippen molar-refractivity contribution in [1.82, 2.24) is 19.8 Å². The average Bonchev–Trinajstić information content (AvgIpc) is 3.48. The van der Waals surface area contributed by atoms with E-state index < -0.39 is 29.4 Å². The number of esters is 1. The van der Waals surface area contributed by atoms with Crippen LogP contribution in [0.5, 0.6) is 0 Å². The van der Waals surface area contributed by atoms with E-state index in [1.165, 1.54) is 6.33 Å². The number of carbonyl (C=O) groups excluding carboxylic acids is 4. The Morgan fingerprint density at radius 3 is 2.42 bits per heavy atom. The summed E-state index contributed by atoms with van der Waals surface area (Å²) in [6.45, 7) is 6.05. The first-order valence-electron chi connectivity index (χ1n) is 15.1. The highest BCUT2D eigenvalue weighted by Gasteiger charge is 2.34. The maximum absolute atomic E-state index is 14.0. The van der Waals surface area contributed by atoms with Crippen molar-refractivity contribution in [3.8, 4) is 0 Å². The molecule has 12 nitrogen and oxygen atoms in total. The number of ether oxygens (including phenoxy) is 2. The van der Waals surface area contributed by atoms with Gasteiger partial charge in [-0.3, -0.25) is 19.2 Å². The number of likely N-dealkylation sites (tertiary alicyclic amines) is 1. The third kappa shape index (κ3) is 9.22. The molecule has 1 fully saturated rings. The number of hydrogen-bond donors (Lipinski definition) is 3. The summed E-state index contributed by atoms with van der Waals surface area (Å²) in [4.78, 5) is 58.5. The highest BCUT2D eigenvalue weighted by Crippen LogP contribution is 2.26. The average molecular weight is 619 g/mol. The number of piperidine rings is 1. The van der Waals surface area contributed by atoms with E-state index in [0.717, 1.165) is 11.1 Å². The number of nitrogens with zero attached hydrogens (tertiary/aromatic N) is 3. The summed E-state index contributed by atoms with van der Waals surface area (Å²) in [6, 6.07) is 16.8. The number of nitrogens with one attached hydrogen (secondary N) is 2. The first-order valence-corrected chi connectivity index (χ1v) is 15.1. The monoisotopic (exact) mass is 618 g/mol. The van der Waals surface area contributed by atoms with E-state index in [9.17, 15) is 19.2 Å². The first-order chi connectivity index (χ1) is 21.6. The van der Waals surface area contributed by atoms with Crippen LogP contribution in [-0.2, 0) is 35.3 Å². The van der Waals surface area contributed by atoms with Gasteiger partial charge in [0.25, 0.3) is 5.91 Å². The second-order valence-electron chi connectivity index (χ2n) is 11.6. The minimum Gasteiger partial charge on any atom is -0.466 e. The summed E-state index contributed by atoms with van der Waals surface area (Å²) in [5.74, 6) is -1.77. The largest absolute Gasteiger partial charge is 0.466 e. The summed E-state index contributed by atoms with van der Waals surface area (Å²) in [5, 5.41) is 5.40. The lowest BCUT2D eigenvalue weighted by atomic mass is 9.96. The SMILES string of the molecule is CCOC(=O)C1CCCN(C(=O)C(c2ccccc2)n2cnc(NC(=O)[C@@H](COCc3ccccc3)NC(=O)C(C)(C)N)c2)C1. The van der Waals surface area contributed by atoms with E-state index in [-0.39, 0.29) is 50.0 Å². The quantitative estimate of drug-likeness (QED) is 0.247. The number of aromatic nitrogens is 2.